The van der Waals surface area contributed by atoms with Crippen molar-refractivity contribution in [1.82, 2.24) is 9.80 Å². The van der Waals surface area contributed by atoms with Gasteiger partial charge in [0.05, 0.1) is 18.4 Å². The molecule has 0 bridgehead atoms. The lowest BCUT2D eigenvalue weighted by molar-refractivity contribution is -0.120. The molecule has 0 saturated carbocycles. The minimum absolute atomic E-state index is 0.213. The number of nitrogens with zero attached hydrogens (tertiary/aromatic N) is 3. The Hall–Kier alpha value is -3.12. The summed E-state index contributed by atoms with van der Waals surface area (Å²) < 4.78 is 5.29. The summed E-state index contributed by atoms with van der Waals surface area (Å²) in [6, 6.07) is 13.3. The fraction of sp³-hybridized carbons (Fsp3) is 0.385. The number of hydrogen-bond acceptors (Lipinski definition) is 5. The van der Waals surface area contributed by atoms with Gasteiger partial charge in [0, 0.05) is 13.1 Å². The molecule has 0 N–H and O–H groups in total. The molecule has 32 heavy (non-hydrogen) atoms. The van der Waals surface area contributed by atoms with Gasteiger partial charge in [0.2, 0.25) is 0 Å². The SMILES string of the molecule is COc1ccc(C2=C(N(C)C3CCN(C)CC3)C(=O)N(c3cccc(C)c3C)C2=O)cc1. The Balaban J connectivity index is 1.81. The Morgan fingerprint density at radius 1 is 0.969 bits per heavy atom. The zero-order valence-corrected chi connectivity index (χ0v) is 19.5. The molecule has 6 nitrogen and oxygen atoms in total. The van der Waals surface area contributed by atoms with E-state index in [4.69, 9.17) is 4.74 Å². The zero-order valence-electron chi connectivity index (χ0n) is 19.5. The van der Waals surface area contributed by atoms with Crippen molar-refractivity contribution in [2.24, 2.45) is 0 Å². The molecule has 2 aliphatic heterocycles. The van der Waals surface area contributed by atoms with E-state index in [-0.39, 0.29) is 17.9 Å². The number of rotatable bonds is 5. The highest BCUT2D eigenvalue weighted by Gasteiger charge is 2.43. The maximum atomic E-state index is 13.8. The molecule has 0 radical (unpaired) electrons. The van der Waals surface area contributed by atoms with Gasteiger partial charge in [-0.05, 0) is 81.7 Å². The number of hydrogen-bond donors (Lipinski definition) is 0. The highest BCUT2D eigenvalue weighted by molar-refractivity contribution is 6.45. The van der Waals surface area contributed by atoms with Crippen molar-refractivity contribution < 1.29 is 14.3 Å². The molecular weight excluding hydrogens is 402 g/mol. The number of ether oxygens (including phenoxy) is 1. The first-order chi connectivity index (χ1) is 15.3. The summed E-state index contributed by atoms with van der Waals surface area (Å²) >= 11 is 0. The molecule has 2 amide bonds. The fourth-order valence-electron chi connectivity index (χ4n) is 4.62. The van der Waals surface area contributed by atoms with Crippen LogP contribution >= 0.6 is 0 Å². The van der Waals surface area contributed by atoms with Crippen molar-refractivity contribution in [2.75, 3.05) is 39.2 Å². The molecule has 1 saturated heterocycles. The number of anilines is 1. The van der Waals surface area contributed by atoms with Gasteiger partial charge >= 0.3 is 0 Å². The summed E-state index contributed by atoms with van der Waals surface area (Å²) in [6.45, 7) is 5.90. The van der Waals surface area contributed by atoms with Gasteiger partial charge in [0.25, 0.3) is 11.8 Å². The summed E-state index contributed by atoms with van der Waals surface area (Å²) in [6.07, 6.45) is 1.91. The molecule has 0 unspecified atom stereocenters. The number of aryl methyl sites for hydroxylation is 1. The van der Waals surface area contributed by atoms with Crippen LogP contribution in [0.1, 0.15) is 29.5 Å². The Morgan fingerprint density at radius 3 is 2.25 bits per heavy atom. The third-order valence-corrected chi connectivity index (χ3v) is 6.84. The third kappa shape index (κ3) is 3.79. The molecule has 2 aromatic rings. The van der Waals surface area contributed by atoms with Gasteiger partial charge in [-0.3, -0.25) is 9.59 Å². The topological polar surface area (TPSA) is 53.1 Å². The van der Waals surface area contributed by atoms with Crippen molar-refractivity contribution in [2.45, 2.75) is 32.7 Å². The van der Waals surface area contributed by atoms with Crippen LogP contribution in [0.15, 0.2) is 48.2 Å². The van der Waals surface area contributed by atoms with E-state index in [0.29, 0.717) is 22.7 Å². The first kappa shape index (κ1) is 22.1. The maximum absolute atomic E-state index is 13.8. The first-order valence-electron chi connectivity index (χ1n) is 11.1. The van der Waals surface area contributed by atoms with Crippen molar-refractivity contribution >= 4 is 23.1 Å². The van der Waals surface area contributed by atoms with Crippen LogP contribution in [0.4, 0.5) is 5.69 Å². The van der Waals surface area contributed by atoms with E-state index < -0.39 is 0 Å². The van der Waals surface area contributed by atoms with Crippen molar-refractivity contribution in [1.29, 1.82) is 0 Å². The molecule has 2 aliphatic rings. The Kier molecular flexibility index (Phi) is 6.07. The number of benzene rings is 2. The summed E-state index contributed by atoms with van der Waals surface area (Å²) in [5, 5.41) is 0. The van der Waals surface area contributed by atoms with Gasteiger partial charge < -0.3 is 14.5 Å². The minimum atomic E-state index is -0.274. The Bertz CT molecular complexity index is 1070. The second-order valence-corrected chi connectivity index (χ2v) is 8.76. The van der Waals surface area contributed by atoms with Gasteiger partial charge in [-0.1, -0.05) is 24.3 Å². The number of imide groups is 1. The van der Waals surface area contributed by atoms with Gasteiger partial charge in [-0.2, -0.15) is 0 Å². The number of carbonyl (C=O) groups is 2. The second-order valence-electron chi connectivity index (χ2n) is 8.76. The molecular formula is C26H31N3O3. The Morgan fingerprint density at radius 2 is 1.62 bits per heavy atom. The van der Waals surface area contributed by atoms with E-state index in [2.05, 4.69) is 11.9 Å². The molecule has 0 aromatic heterocycles. The monoisotopic (exact) mass is 433 g/mol. The van der Waals surface area contributed by atoms with Crippen LogP contribution in [-0.4, -0.2) is 62.0 Å². The van der Waals surface area contributed by atoms with Crippen molar-refractivity contribution in [3.8, 4) is 5.75 Å². The van der Waals surface area contributed by atoms with Gasteiger partial charge in [0.15, 0.2) is 0 Å². The quantitative estimate of drug-likeness (QED) is 0.674. The summed E-state index contributed by atoms with van der Waals surface area (Å²) in [5.74, 6) is 0.183. The first-order valence-corrected chi connectivity index (χ1v) is 11.1. The van der Waals surface area contributed by atoms with Crippen LogP contribution < -0.4 is 9.64 Å². The van der Waals surface area contributed by atoms with E-state index in [1.54, 1.807) is 7.11 Å². The second kappa shape index (κ2) is 8.79. The fourth-order valence-corrected chi connectivity index (χ4v) is 4.62. The van der Waals surface area contributed by atoms with Crippen LogP contribution in [0.3, 0.4) is 0 Å². The maximum Gasteiger partial charge on any atom is 0.282 e. The van der Waals surface area contributed by atoms with Crippen LogP contribution in [0.5, 0.6) is 5.75 Å². The van der Waals surface area contributed by atoms with Gasteiger partial charge in [-0.15, -0.1) is 0 Å². The highest BCUT2D eigenvalue weighted by atomic mass is 16.5. The number of piperidine rings is 1. The molecule has 4 rings (SSSR count). The van der Waals surface area contributed by atoms with Crippen molar-refractivity contribution in [3.05, 3.63) is 64.9 Å². The average molecular weight is 434 g/mol. The van der Waals surface area contributed by atoms with E-state index in [9.17, 15) is 9.59 Å². The molecule has 0 spiro atoms. The number of carbonyl (C=O) groups excluding carboxylic acids is 2. The summed E-state index contributed by atoms with van der Waals surface area (Å²) in [7, 11) is 5.68. The van der Waals surface area contributed by atoms with E-state index in [1.165, 1.54) is 4.90 Å². The molecule has 1 fully saturated rings. The van der Waals surface area contributed by atoms with Crippen LogP contribution in [0, 0.1) is 13.8 Å². The predicted molar refractivity (Wildman–Crippen MR) is 127 cm³/mol. The standard InChI is InChI=1S/C26H31N3O3/c1-17-7-6-8-22(18(17)2)29-25(30)23(19-9-11-21(32-5)12-10-19)24(26(29)31)28(4)20-13-15-27(3)16-14-20/h6-12,20H,13-16H2,1-5H3. The lowest BCUT2D eigenvalue weighted by atomic mass is 10.00. The number of amides is 2. The highest BCUT2D eigenvalue weighted by Crippen LogP contribution is 2.38. The van der Waals surface area contributed by atoms with E-state index in [1.807, 2.05) is 68.3 Å². The average Bonchev–Trinajstić information content (AvgIpc) is 3.05. The summed E-state index contributed by atoms with van der Waals surface area (Å²) in [5.41, 5.74) is 4.30. The van der Waals surface area contributed by atoms with Crippen LogP contribution in [0.25, 0.3) is 5.57 Å². The smallest absolute Gasteiger partial charge is 0.282 e. The molecule has 0 atom stereocenters. The number of methoxy groups -OCH3 is 1. The Labute approximate surface area is 190 Å². The largest absolute Gasteiger partial charge is 0.497 e. The summed E-state index contributed by atoms with van der Waals surface area (Å²) in [4.78, 5) is 33.3. The van der Waals surface area contributed by atoms with Gasteiger partial charge in [0.1, 0.15) is 11.4 Å². The molecule has 2 heterocycles. The number of likely N-dealkylation sites (tertiary alicyclic amines) is 1. The minimum Gasteiger partial charge on any atom is -0.497 e. The molecule has 2 aromatic carbocycles. The zero-order chi connectivity index (χ0) is 23.0. The molecule has 6 heteroatoms. The molecule has 168 valence electrons. The van der Waals surface area contributed by atoms with Gasteiger partial charge in [-0.25, -0.2) is 4.90 Å². The predicted octanol–water partition coefficient (Wildman–Crippen LogP) is 3.62. The third-order valence-electron chi connectivity index (χ3n) is 6.84. The number of likely N-dealkylation sites (N-methyl/N-ethyl adjacent to an activating group) is 1. The normalized spacial score (nSPS) is 18.0. The van der Waals surface area contributed by atoms with Crippen molar-refractivity contribution in [3.63, 3.8) is 0 Å². The van der Waals surface area contributed by atoms with Crippen LogP contribution in [0.2, 0.25) is 0 Å². The van der Waals surface area contributed by atoms with Crippen LogP contribution in [-0.2, 0) is 9.59 Å². The molecule has 0 aliphatic carbocycles. The van der Waals surface area contributed by atoms with E-state index >= 15 is 0 Å². The lowest BCUT2D eigenvalue weighted by Crippen LogP contribution is -2.43. The lowest BCUT2D eigenvalue weighted by Gasteiger charge is -2.36. The van der Waals surface area contributed by atoms with E-state index in [0.717, 1.165) is 42.6 Å².